The molecule has 1 N–H and O–H groups in total. The molecule has 4 nitrogen and oxygen atoms in total. The molecule has 6 heteroatoms. The predicted octanol–water partition coefficient (Wildman–Crippen LogP) is 0.980. The molecule has 0 spiro atoms. The van der Waals surface area contributed by atoms with Crippen LogP contribution in [0, 0.1) is 13.8 Å². The van der Waals surface area contributed by atoms with E-state index in [1.165, 1.54) is 12.1 Å². The molecule has 15 heavy (non-hydrogen) atoms. The minimum atomic E-state index is -3.41. The summed E-state index contributed by atoms with van der Waals surface area (Å²) in [6.07, 6.45) is 0. The van der Waals surface area contributed by atoms with Gasteiger partial charge in [0.2, 0.25) is 0 Å². The largest absolute Gasteiger partial charge is 0.147 e. The topological polar surface area (TPSA) is 71.4 Å². The summed E-state index contributed by atoms with van der Waals surface area (Å²) in [7, 11) is 0. The number of rotatable bonds is 2. The second-order valence-corrected chi connectivity index (χ2v) is 5.03. The molecule has 0 aromatic heterocycles. The van der Waals surface area contributed by atoms with Crippen molar-refractivity contribution in [3.63, 3.8) is 0 Å². The molecule has 1 aromatic rings. The molecule has 0 bridgehead atoms. The minimum Gasteiger partial charge on any atom is -0.147 e. The third-order valence-electron chi connectivity index (χ3n) is 2.19. The van der Waals surface area contributed by atoms with Gasteiger partial charge in [0.05, 0.1) is 0 Å². The molecule has 0 heterocycles. The van der Waals surface area contributed by atoms with Crippen molar-refractivity contribution < 1.29 is 17.4 Å². The number of hydrogen-bond donors (Lipinski definition) is 1. The van der Waals surface area contributed by atoms with Gasteiger partial charge in [-0.15, -0.1) is 12.4 Å². The van der Waals surface area contributed by atoms with Crippen molar-refractivity contribution in [3.05, 3.63) is 28.8 Å². The van der Waals surface area contributed by atoms with E-state index < -0.39 is 20.5 Å². The van der Waals surface area contributed by atoms with Gasteiger partial charge in [0.25, 0.3) is 0 Å². The maximum Gasteiger partial charge on any atom is -0.147 e. The number of halogens is 1. The van der Waals surface area contributed by atoms with E-state index >= 15 is 0 Å². The molecular weight excluding hydrogens is 282 g/mol. The summed E-state index contributed by atoms with van der Waals surface area (Å²) in [5, 5.41) is 8.78. The summed E-state index contributed by atoms with van der Waals surface area (Å²) in [6, 6.07) is 2.68. The maximum atomic E-state index is 10.8. The van der Waals surface area contributed by atoms with Crippen LogP contribution >= 0.6 is 12.4 Å². The SMILES string of the molecule is Cc1c(C(=O)O)ccc([As](=O)=O)c1C.Cl. The summed E-state index contributed by atoms with van der Waals surface area (Å²) in [5.41, 5.74) is 1.21. The van der Waals surface area contributed by atoms with Crippen LogP contribution in [0.4, 0.5) is 0 Å². The van der Waals surface area contributed by atoms with Gasteiger partial charge in [0, 0.05) is 0 Å². The van der Waals surface area contributed by atoms with Crippen LogP contribution in [0.25, 0.3) is 0 Å². The summed E-state index contributed by atoms with van der Waals surface area (Å²) in [5.74, 6) is -1.03. The van der Waals surface area contributed by atoms with Crippen molar-refractivity contribution in [1.82, 2.24) is 0 Å². The van der Waals surface area contributed by atoms with Gasteiger partial charge in [-0.25, -0.2) is 0 Å². The van der Waals surface area contributed by atoms with Gasteiger partial charge in [0.1, 0.15) is 0 Å². The predicted molar refractivity (Wildman–Crippen MR) is 56.9 cm³/mol. The van der Waals surface area contributed by atoms with Gasteiger partial charge in [-0.3, -0.25) is 0 Å². The Bertz CT molecular complexity index is 457. The number of hydrogen-bond acceptors (Lipinski definition) is 3. The fraction of sp³-hybridized carbons (Fsp3) is 0.222. The second kappa shape index (κ2) is 5.29. The normalized spacial score (nSPS) is 9.20. The van der Waals surface area contributed by atoms with Crippen molar-refractivity contribution in [3.8, 4) is 0 Å². The average molecular weight is 293 g/mol. The molecule has 0 unspecified atom stereocenters. The Hall–Kier alpha value is -0.862. The fourth-order valence-electron chi connectivity index (χ4n) is 1.24. The van der Waals surface area contributed by atoms with Gasteiger partial charge in [-0.05, 0) is 0 Å². The van der Waals surface area contributed by atoms with E-state index in [-0.39, 0.29) is 22.3 Å². The summed E-state index contributed by atoms with van der Waals surface area (Å²) >= 11 is -3.41. The van der Waals surface area contributed by atoms with Crippen molar-refractivity contribution in [2.75, 3.05) is 0 Å². The average Bonchev–Trinajstić information content (AvgIpc) is 2.08. The zero-order valence-electron chi connectivity index (χ0n) is 8.18. The van der Waals surface area contributed by atoms with Crippen molar-refractivity contribution in [2.24, 2.45) is 0 Å². The fourth-order valence-corrected chi connectivity index (χ4v) is 2.57. The Labute approximate surface area is 97.4 Å². The number of aromatic carboxylic acids is 1. The summed E-state index contributed by atoms with van der Waals surface area (Å²) in [4.78, 5) is 10.7. The smallest absolute Gasteiger partial charge is 0.147 e. The third kappa shape index (κ3) is 2.80. The van der Waals surface area contributed by atoms with E-state index in [1.807, 2.05) is 0 Å². The standard InChI is InChI=1S/C9H9AsO4.ClH/c1-5-6(2)8(10(13)14)4-3-7(5)9(11)12;/h3-4H,1-2H3,(H,11,12);1H. The van der Waals surface area contributed by atoms with E-state index in [4.69, 9.17) is 5.11 Å². The molecule has 0 saturated heterocycles. The first-order valence-corrected chi connectivity index (χ1v) is 6.40. The second-order valence-electron chi connectivity index (χ2n) is 2.94. The number of carboxylic acid groups (broad SMARTS) is 1. The van der Waals surface area contributed by atoms with Crippen LogP contribution < -0.4 is 4.35 Å². The summed E-state index contributed by atoms with van der Waals surface area (Å²) in [6.45, 7) is 3.23. The van der Waals surface area contributed by atoms with Gasteiger partial charge in [-0.1, -0.05) is 0 Å². The third-order valence-corrected chi connectivity index (χ3v) is 4.03. The first-order chi connectivity index (χ1) is 6.45. The minimum absolute atomic E-state index is 0. The number of carboxylic acids is 1. The monoisotopic (exact) mass is 292 g/mol. The van der Waals surface area contributed by atoms with Crippen LogP contribution in [0.5, 0.6) is 0 Å². The molecule has 1 aromatic carbocycles. The Kier molecular flexibility index (Phi) is 4.98. The van der Waals surface area contributed by atoms with Crippen LogP contribution in [-0.4, -0.2) is 25.6 Å². The molecular formula is C9H10AsClO4. The van der Waals surface area contributed by atoms with E-state index in [0.29, 0.717) is 11.1 Å². The van der Waals surface area contributed by atoms with E-state index in [1.54, 1.807) is 13.8 Å². The quantitative estimate of drug-likeness (QED) is 0.825. The van der Waals surface area contributed by atoms with Crippen LogP contribution in [0.1, 0.15) is 21.5 Å². The van der Waals surface area contributed by atoms with Crippen LogP contribution in [0.2, 0.25) is 0 Å². The zero-order chi connectivity index (χ0) is 10.9. The first-order valence-electron chi connectivity index (χ1n) is 3.93. The Morgan fingerprint density at radius 3 is 2.13 bits per heavy atom. The Balaban J connectivity index is 0.00000196. The van der Waals surface area contributed by atoms with Gasteiger partial charge in [0.15, 0.2) is 0 Å². The molecule has 82 valence electrons. The maximum absolute atomic E-state index is 10.8. The molecule has 0 fully saturated rings. The van der Waals surface area contributed by atoms with Crippen molar-refractivity contribution >= 4 is 37.3 Å². The Morgan fingerprint density at radius 2 is 1.73 bits per heavy atom. The molecule has 0 amide bonds. The van der Waals surface area contributed by atoms with E-state index in [0.717, 1.165) is 0 Å². The summed E-state index contributed by atoms with van der Waals surface area (Å²) < 4.78 is 21.9. The Morgan fingerprint density at radius 1 is 1.20 bits per heavy atom. The molecule has 0 aliphatic heterocycles. The van der Waals surface area contributed by atoms with Gasteiger partial charge >= 0.3 is 84.9 Å². The van der Waals surface area contributed by atoms with Crippen LogP contribution in [0.3, 0.4) is 0 Å². The molecule has 0 radical (unpaired) electrons. The number of benzene rings is 1. The van der Waals surface area contributed by atoms with E-state index in [2.05, 4.69) is 0 Å². The first kappa shape index (κ1) is 14.1. The van der Waals surface area contributed by atoms with Crippen molar-refractivity contribution in [2.45, 2.75) is 13.8 Å². The van der Waals surface area contributed by atoms with Crippen LogP contribution in [-0.2, 0) is 7.48 Å². The van der Waals surface area contributed by atoms with Crippen molar-refractivity contribution in [1.29, 1.82) is 0 Å². The molecule has 1 rings (SSSR count). The molecule has 0 aliphatic rings. The van der Waals surface area contributed by atoms with Gasteiger partial charge in [-0.2, -0.15) is 0 Å². The van der Waals surface area contributed by atoms with Gasteiger partial charge < -0.3 is 0 Å². The zero-order valence-corrected chi connectivity index (χ0v) is 10.9. The molecule has 0 aliphatic carbocycles. The number of carbonyl (C=O) groups is 1. The molecule has 0 saturated carbocycles. The molecule has 0 atom stereocenters. The van der Waals surface area contributed by atoms with Crippen LogP contribution in [0.15, 0.2) is 12.1 Å². The van der Waals surface area contributed by atoms with E-state index in [9.17, 15) is 12.3 Å².